The molecule has 2 aromatic carbocycles. The number of aromatic nitrogens is 4. The third-order valence-electron chi connectivity index (χ3n) is 7.53. The second-order valence-electron chi connectivity index (χ2n) is 10.00. The summed E-state index contributed by atoms with van der Waals surface area (Å²) in [6, 6.07) is 17.9. The van der Waals surface area contributed by atoms with E-state index in [9.17, 15) is 18.0 Å². The predicted molar refractivity (Wildman–Crippen MR) is 156 cm³/mol. The molecule has 11 nitrogen and oxygen atoms in total. The molecule has 12 heteroatoms. The third-order valence-corrected chi connectivity index (χ3v) is 8.79. The second kappa shape index (κ2) is 10.7. The molecule has 0 unspecified atom stereocenters. The van der Waals surface area contributed by atoms with Gasteiger partial charge in [0.1, 0.15) is 16.9 Å². The molecular weight excluding hydrogens is 542 g/mol. The number of H-pyrrole nitrogens is 1. The Morgan fingerprint density at radius 1 is 1.00 bits per heavy atom. The topological polar surface area (TPSA) is 142 Å². The molecule has 4 heterocycles. The molecule has 2 amide bonds. The third kappa shape index (κ3) is 5.13. The molecule has 1 fully saturated rings. The van der Waals surface area contributed by atoms with Crippen molar-refractivity contribution in [3.63, 3.8) is 0 Å². The number of amides is 2. The highest BCUT2D eigenvalue weighted by Gasteiger charge is 2.29. The standard InChI is InChI=1S/C29H29N7O4S/c1-2-41(39,40)34-28(37)22-18-32-36-26(22)31-17-23(27(36)33-25-10-6-9-24-21(25)11-14-30-24)29(38)35-15-12-20(13-16-35)19-7-4-3-5-8-19/h3-11,14,17-18,20,30,33H,2,12-13,15-16H2,1H3,(H,34,37). The number of carbonyl (C=O) groups excluding carboxylic acids is 2. The Bertz CT molecular complexity index is 1860. The number of sulfonamides is 1. The molecule has 3 N–H and O–H groups in total. The van der Waals surface area contributed by atoms with Gasteiger partial charge in [-0.25, -0.2) is 18.1 Å². The first-order valence-corrected chi connectivity index (χ1v) is 15.1. The van der Waals surface area contributed by atoms with E-state index in [0.717, 1.165) is 29.4 Å². The maximum atomic E-state index is 13.9. The van der Waals surface area contributed by atoms with Crippen LogP contribution in [-0.4, -0.2) is 63.6 Å². The fourth-order valence-electron chi connectivity index (χ4n) is 5.27. The number of likely N-dealkylation sites (tertiary alicyclic amines) is 1. The zero-order valence-electron chi connectivity index (χ0n) is 22.4. The lowest BCUT2D eigenvalue weighted by Gasteiger charge is -2.32. The van der Waals surface area contributed by atoms with Gasteiger partial charge in [-0.15, -0.1) is 0 Å². The average molecular weight is 572 g/mol. The van der Waals surface area contributed by atoms with Crippen molar-refractivity contribution in [2.24, 2.45) is 0 Å². The van der Waals surface area contributed by atoms with E-state index in [-0.39, 0.29) is 22.9 Å². The Balaban J connectivity index is 1.37. The number of fused-ring (bicyclic) bond motifs is 2. The molecule has 0 spiro atoms. The molecule has 0 saturated carbocycles. The molecule has 0 radical (unpaired) electrons. The van der Waals surface area contributed by atoms with Gasteiger partial charge in [0.05, 0.1) is 11.9 Å². The largest absolute Gasteiger partial charge is 0.361 e. The smallest absolute Gasteiger partial charge is 0.270 e. The first-order chi connectivity index (χ1) is 19.8. The zero-order chi connectivity index (χ0) is 28.6. The number of hydrogen-bond donors (Lipinski definition) is 3. The molecule has 6 rings (SSSR count). The summed E-state index contributed by atoms with van der Waals surface area (Å²) in [6.45, 7) is 2.62. The van der Waals surface area contributed by atoms with E-state index in [4.69, 9.17) is 0 Å². The Kier molecular flexibility index (Phi) is 6.91. The van der Waals surface area contributed by atoms with Gasteiger partial charge in [0, 0.05) is 42.1 Å². The van der Waals surface area contributed by atoms with Crippen LogP contribution in [0.5, 0.6) is 0 Å². The summed E-state index contributed by atoms with van der Waals surface area (Å²) < 4.78 is 27.5. The minimum Gasteiger partial charge on any atom is -0.361 e. The summed E-state index contributed by atoms with van der Waals surface area (Å²) >= 11 is 0. The molecule has 0 aliphatic carbocycles. The summed E-state index contributed by atoms with van der Waals surface area (Å²) in [5.74, 6) is -0.578. The van der Waals surface area contributed by atoms with Crippen molar-refractivity contribution in [1.82, 2.24) is 29.2 Å². The van der Waals surface area contributed by atoms with Crippen LogP contribution in [0.15, 0.2) is 73.2 Å². The van der Waals surface area contributed by atoms with Gasteiger partial charge in [0.25, 0.3) is 11.8 Å². The van der Waals surface area contributed by atoms with Crippen LogP contribution >= 0.6 is 0 Å². The van der Waals surface area contributed by atoms with Gasteiger partial charge in [-0.3, -0.25) is 9.59 Å². The number of nitrogens with one attached hydrogen (secondary N) is 3. The fraction of sp³-hybridized carbons (Fsp3) is 0.241. The van der Waals surface area contributed by atoms with Crippen molar-refractivity contribution in [1.29, 1.82) is 0 Å². The molecule has 5 aromatic rings. The van der Waals surface area contributed by atoms with Gasteiger partial charge in [-0.2, -0.15) is 9.61 Å². The fourth-order valence-corrected chi connectivity index (χ4v) is 5.81. The first kappa shape index (κ1) is 26.5. The molecule has 0 bridgehead atoms. The van der Waals surface area contributed by atoms with Gasteiger partial charge in [0.2, 0.25) is 10.0 Å². The van der Waals surface area contributed by atoms with E-state index in [1.807, 2.05) is 58.3 Å². The van der Waals surface area contributed by atoms with E-state index < -0.39 is 15.9 Å². The zero-order valence-corrected chi connectivity index (χ0v) is 23.2. The lowest BCUT2D eigenvalue weighted by molar-refractivity contribution is 0.0713. The van der Waals surface area contributed by atoms with E-state index >= 15 is 0 Å². The lowest BCUT2D eigenvalue weighted by atomic mass is 9.89. The Morgan fingerprint density at radius 2 is 1.78 bits per heavy atom. The minimum atomic E-state index is -3.80. The summed E-state index contributed by atoms with van der Waals surface area (Å²) in [4.78, 5) is 36.1. The molecule has 210 valence electrons. The maximum Gasteiger partial charge on any atom is 0.270 e. The van der Waals surface area contributed by atoms with Crippen LogP contribution < -0.4 is 10.0 Å². The van der Waals surface area contributed by atoms with Crippen LogP contribution in [0.2, 0.25) is 0 Å². The van der Waals surface area contributed by atoms with Crippen LogP contribution in [0.4, 0.5) is 11.5 Å². The number of benzene rings is 2. The lowest BCUT2D eigenvalue weighted by Crippen LogP contribution is -2.38. The summed E-state index contributed by atoms with van der Waals surface area (Å²) in [5.41, 5.74) is 3.30. The van der Waals surface area contributed by atoms with Crippen LogP contribution in [0, 0.1) is 0 Å². The molecule has 0 atom stereocenters. The SMILES string of the molecule is CCS(=O)(=O)NC(=O)c1cnn2c(Nc3cccc4[nH]ccc34)c(C(=O)N3CCC(c4ccccc4)CC3)cnc12. The number of nitrogens with zero attached hydrogens (tertiary/aromatic N) is 4. The molecular formula is C29H29N7O4S. The van der Waals surface area contributed by atoms with E-state index in [1.165, 1.54) is 29.4 Å². The summed E-state index contributed by atoms with van der Waals surface area (Å²) in [6.07, 6.45) is 6.19. The molecule has 1 aliphatic rings. The van der Waals surface area contributed by atoms with E-state index in [0.29, 0.717) is 30.4 Å². The summed E-state index contributed by atoms with van der Waals surface area (Å²) in [5, 5.41) is 8.61. The average Bonchev–Trinajstić information content (AvgIpc) is 3.66. The predicted octanol–water partition coefficient (Wildman–Crippen LogP) is 4.05. The first-order valence-electron chi connectivity index (χ1n) is 13.4. The second-order valence-corrected chi connectivity index (χ2v) is 12.0. The van der Waals surface area contributed by atoms with E-state index in [1.54, 1.807) is 0 Å². The number of aromatic amines is 1. The molecule has 3 aromatic heterocycles. The van der Waals surface area contributed by atoms with Gasteiger partial charge < -0.3 is 15.2 Å². The van der Waals surface area contributed by atoms with Crippen LogP contribution in [-0.2, 0) is 10.0 Å². The normalized spacial score (nSPS) is 14.4. The van der Waals surface area contributed by atoms with Crippen LogP contribution in [0.1, 0.15) is 52.0 Å². The van der Waals surface area contributed by atoms with Gasteiger partial charge in [0.15, 0.2) is 5.65 Å². The van der Waals surface area contributed by atoms with Crippen molar-refractivity contribution in [3.05, 3.63) is 89.9 Å². The maximum absolute atomic E-state index is 13.9. The van der Waals surface area contributed by atoms with Crippen molar-refractivity contribution in [2.75, 3.05) is 24.2 Å². The van der Waals surface area contributed by atoms with Crippen LogP contribution in [0.25, 0.3) is 16.6 Å². The van der Waals surface area contributed by atoms with Gasteiger partial charge >= 0.3 is 0 Å². The summed E-state index contributed by atoms with van der Waals surface area (Å²) in [7, 11) is -3.80. The Labute approximate surface area is 236 Å². The molecule has 41 heavy (non-hydrogen) atoms. The number of hydrogen-bond acceptors (Lipinski definition) is 7. The number of carbonyl (C=O) groups is 2. The quantitative estimate of drug-likeness (QED) is 0.268. The highest BCUT2D eigenvalue weighted by molar-refractivity contribution is 7.90. The molecule has 1 aliphatic heterocycles. The monoisotopic (exact) mass is 571 g/mol. The van der Waals surface area contributed by atoms with Crippen molar-refractivity contribution >= 4 is 49.9 Å². The van der Waals surface area contributed by atoms with E-state index in [2.05, 4.69) is 32.5 Å². The molecule has 1 saturated heterocycles. The number of rotatable bonds is 7. The number of anilines is 2. The van der Waals surface area contributed by atoms with Gasteiger partial charge in [-0.1, -0.05) is 36.4 Å². The van der Waals surface area contributed by atoms with Gasteiger partial charge in [-0.05, 0) is 49.4 Å². The Hall–Kier alpha value is -4.71. The highest BCUT2D eigenvalue weighted by atomic mass is 32.2. The van der Waals surface area contributed by atoms with Crippen LogP contribution in [0.3, 0.4) is 0 Å². The minimum absolute atomic E-state index is 0.0207. The highest BCUT2D eigenvalue weighted by Crippen LogP contribution is 2.32. The van der Waals surface area contributed by atoms with Crippen molar-refractivity contribution < 1.29 is 18.0 Å². The number of piperidine rings is 1. The van der Waals surface area contributed by atoms with Crippen molar-refractivity contribution in [3.8, 4) is 0 Å². The Morgan fingerprint density at radius 3 is 2.54 bits per heavy atom. The van der Waals surface area contributed by atoms with Crippen molar-refractivity contribution in [2.45, 2.75) is 25.7 Å².